The first kappa shape index (κ1) is 13.9. The molecule has 1 atom stereocenters. The van der Waals surface area contributed by atoms with Crippen LogP contribution in [0.2, 0.25) is 5.02 Å². The van der Waals surface area contributed by atoms with Gasteiger partial charge in [-0.25, -0.2) is 0 Å². The molecular weight excluding hydrogens is 262 g/mol. The van der Waals surface area contributed by atoms with Crippen molar-refractivity contribution in [2.45, 2.75) is 13.0 Å². The highest BCUT2D eigenvalue weighted by Gasteiger charge is 2.25. The van der Waals surface area contributed by atoms with E-state index in [1.165, 1.54) is 0 Å². The van der Waals surface area contributed by atoms with E-state index in [1.807, 2.05) is 19.1 Å². The minimum Gasteiger partial charge on any atom is -0.336 e. The Kier molecular flexibility index (Phi) is 4.41. The maximum absolute atomic E-state index is 12.3. The lowest BCUT2D eigenvalue weighted by molar-refractivity contribution is 0.0616. The number of nitrogens with zero attached hydrogens (tertiary/aromatic N) is 3. The van der Waals surface area contributed by atoms with E-state index in [4.69, 9.17) is 16.9 Å². The molecule has 0 aromatic heterocycles. The topological polar surface area (TPSA) is 47.3 Å². The summed E-state index contributed by atoms with van der Waals surface area (Å²) in [6.07, 6.45) is 0. The molecular formula is C14H16ClN3O. The summed E-state index contributed by atoms with van der Waals surface area (Å²) < 4.78 is 0. The standard InChI is InChI=1S/C14H16ClN3O/c1-11(10-16)17-6-8-18(9-7-17)14(19)12-4-2-3-5-13(12)15/h2-5,11H,6-9H2,1H3. The number of nitriles is 1. The average molecular weight is 278 g/mol. The Balaban J connectivity index is 2.01. The Morgan fingerprint density at radius 3 is 2.53 bits per heavy atom. The number of hydrogen-bond donors (Lipinski definition) is 0. The zero-order valence-corrected chi connectivity index (χ0v) is 11.6. The molecule has 1 aromatic rings. The van der Waals surface area contributed by atoms with Crippen molar-refractivity contribution in [3.05, 3.63) is 34.9 Å². The van der Waals surface area contributed by atoms with E-state index in [0.717, 1.165) is 13.1 Å². The van der Waals surface area contributed by atoms with Crippen LogP contribution in [0.3, 0.4) is 0 Å². The van der Waals surface area contributed by atoms with Gasteiger partial charge >= 0.3 is 0 Å². The molecule has 0 bridgehead atoms. The van der Waals surface area contributed by atoms with E-state index >= 15 is 0 Å². The van der Waals surface area contributed by atoms with Gasteiger partial charge in [0.15, 0.2) is 0 Å². The molecule has 0 radical (unpaired) electrons. The third kappa shape index (κ3) is 3.06. The molecule has 2 rings (SSSR count). The van der Waals surface area contributed by atoms with Gasteiger partial charge in [-0.1, -0.05) is 23.7 Å². The van der Waals surface area contributed by atoms with E-state index in [9.17, 15) is 4.79 Å². The monoisotopic (exact) mass is 277 g/mol. The van der Waals surface area contributed by atoms with Crippen LogP contribution in [0.4, 0.5) is 0 Å². The van der Waals surface area contributed by atoms with Crippen molar-refractivity contribution < 1.29 is 4.79 Å². The second-order valence-electron chi connectivity index (χ2n) is 4.61. The van der Waals surface area contributed by atoms with Crippen LogP contribution in [0, 0.1) is 11.3 Å². The van der Waals surface area contributed by atoms with Gasteiger partial charge in [0, 0.05) is 26.2 Å². The molecule has 100 valence electrons. The third-order valence-electron chi connectivity index (χ3n) is 3.44. The second kappa shape index (κ2) is 6.05. The van der Waals surface area contributed by atoms with Crippen LogP contribution in [-0.4, -0.2) is 47.9 Å². The summed E-state index contributed by atoms with van der Waals surface area (Å²) in [4.78, 5) is 16.2. The number of benzene rings is 1. The van der Waals surface area contributed by atoms with Crippen molar-refractivity contribution in [1.29, 1.82) is 5.26 Å². The van der Waals surface area contributed by atoms with E-state index in [2.05, 4.69) is 11.0 Å². The van der Waals surface area contributed by atoms with E-state index in [0.29, 0.717) is 23.7 Å². The first-order valence-electron chi connectivity index (χ1n) is 6.31. The molecule has 0 N–H and O–H groups in total. The number of carbonyl (C=O) groups excluding carboxylic acids is 1. The third-order valence-corrected chi connectivity index (χ3v) is 3.77. The molecule has 1 aliphatic heterocycles. The fourth-order valence-electron chi connectivity index (χ4n) is 2.20. The number of halogens is 1. The predicted octanol–water partition coefficient (Wildman–Crippen LogP) is 2.01. The normalized spacial score (nSPS) is 17.8. The average Bonchev–Trinajstić information content (AvgIpc) is 2.46. The van der Waals surface area contributed by atoms with Crippen LogP contribution >= 0.6 is 11.6 Å². The molecule has 1 amide bonds. The van der Waals surface area contributed by atoms with Gasteiger partial charge in [-0.15, -0.1) is 0 Å². The van der Waals surface area contributed by atoms with Gasteiger partial charge in [0.25, 0.3) is 5.91 Å². The van der Waals surface area contributed by atoms with E-state index in [1.54, 1.807) is 17.0 Å². The summed E-state index contributed by atoms with van der Waals surface area (Å²) >= 11 is 6.04. The largest absolute Gasteiger partial charge is 0.336 e. The smallest absolute Gasteiger partial charge is 0.255 e. The van der Waals surface area contributed by atoms with Crippen molar-refractivity contribution in [3.8, 4) is 6.07 Å². The summed E-state index contributed by atoms with van der Waals surface area (Å²) in [5.41, 5.74) is 0.547. The van der Waals surface area contributed by atoms with Gasteiger partial charge in [0.1, 0.15) is 0 Å². The van der Waals surface area contributed by atoms with Gasteiger partial charge in [-0.2, -0.15) is 5.26 Å². The first-order valence-corrected chi connectivity index (χ1v) is 6.68. The lowest BCUT2D eigenvalue weighted by atomic mass is 10.1. The zero-order valence-electron chi connectivity index (χ0n) is 10.8. The fraction of sp³-hybridized carbons (Fsp3) is 0.429. The van der Waals surface area contributed by atoms with Gasteiger partial charge in [0.05, 0.1) is 22.7 Å². The number of rotatable bonds is 2. The highest BCUT2D eigenvalue weighted by molar-refractivity contribution is 6.33. The van der Waals surface area contributed by atoms with Crippen LogP contribution in [0.1, 0.15) is 17.3 Å². The first-order chi connectivity index (χ1) is 9.13. The number of carbonyl (C=O) groups is 1. The predicted molar refractivity (Wildman–Crippen MR) is 74.0 cm³/mol. The molecule has 1 unspecified atom stereocenters. The SMILES string of the molecule is CC(C#N)N1CCN(C(=O)c2ccccc2Cl)CC1. The van der Waals surface area contributed by atoms with Crippen LogP contribution < -0.4 is 0 Å². The maximum atomic E-state index is 12.3. The Labute approximate surface area is 118 Å². The maximum Gasteiger partial charge on any atom is 0.255 e. The zero-order chi connectivity index (χ0) is 13.8. The summed E-state index contributed by atoms with van der Waals surface area (Å²) in [6.45, 7) is 4.60. The van der Waals surface area contributed by atoms with E-state index in [-0.39, 0.29) is 11.9 Å². The lowest BCUT2D eigenvalue weighted by Crippen LogP contribution is -2.51. The van der Waals surface area contributed by atoms with Crippen molar-refractivity contribution >= 4 is 17.5 Å². The Bertz CT molecular complexity index is 504. The van der Waals surface area contributed by atoms with Crippen LogP contribution in [0.25, 0.3) is 0 Å². The van der Waals surface area contributed by atoms with Gasteiger partial charge in [0.2, 0.25) is 0 Å². The molecule has 1 heterocycles. The molecule has 1 fully saturated rings. The second-order valence-corrected chi connectivity index (χ2v) is 5.02. The number of amides is 1. The Morgan fingerprint density at radius 1 is 1.32 bits per heavy atom. The van der Waals surface area contributed by atoms with Crippen molar-refractivity contribution in [3.63, 3.8) is 0 Å². The summed E-state index contributed by atoms with van der Waals surface area (Å²) in [5, 5.41) is 9.37. The minimum atomic E-state index is -0.0995. The Morgan fingerprint density at radius 2 is 1.95 bits per heavy atom. The van der Waals surface area contributed by atoms with Crippen molar-refractivity contribution in [2.75, 3.05) is 26.2 Å². The molecule has 5 heteroatoms. The van der Waals surface area contributed by atoms with Crippen LogP contribution in [0.15, 0.2) is 24.3 Å². The van der Waals surface area contributed by atoms with Crippen LogP contribution in [0.5, 0.6) is 0 Å². The van der Waals surface area contributed by atoms with Gasteiger partial charge in [-0.3, -0.25) is 9.69 Å². The fourth-order valence-corrected chi connectivity index (χ4v) is 2.42. The highest BCUT2D eigenvalue weighted by Crippen LogP contribution is 2.18. The minimum absolute atomic E-state index is 0.0325. The molecule has 1 aromatic carbocycles. The molecule has 19 heavy (non-hydrogen) atoms. The quantitative estimate of drug-likeness (QED) is 0.831. The van der Waals surface area contributed by atoms with Crippen molar-refractivity contribution in [2.24, 2.45) is 0 Å². The summed E-state index contributed by atoms with van der Waals surface area (Å²) in [6, 6.07) is 9.22. The van der Waals surface area contributed by atoms with Gasteiger partial charge in [-0.05, 0) is 19.1 Å². The van der Waals surface area contributed by atoms with Crippen molar-refractivity contribution in [1.82, 2.24) is 9.80 Å². The Hall–Kier alpha value is -1.57. The molecule has 1 saturated heterocycles. The number of hydrogen-bond acceptors (Lipinski definition) is 3. The summed E-state index contributed by atoms with van der Waals surface area (Å²) in [7, 11) is 0. The highest BCUT2D eigenvalue weighted by atomic mass is 35.5. The lowest BCUT2D eigenvalue weighted by Gasteiger charge is -2.36. The number of piperazine rings is 1. The molecule has 0 aliphatic carbocycles. The van der Waals surface area contributed by atoms with Gasteiger partial charge < -0.3 is 4.90 Å². The van der Waals surface area contributed by atoms with E-state index < -0.39 is 0 Å². The summed E-state index contributed by atoms with van der Waals surface area (Å²) in [5.74, 6) is -0.0325. The molecule has 0 spiro atoms. The van der Waals surface area contributed by atoms with Crippen LogP contribution in [-0.2, 0) is 0 Å². The molecule has 1 aliphatic rings. The molecule has 0 saturated carbocycles. The molecule has 4 nitrogen and oxygen atoms in total.